The van der Waals surface area contributed by atoms with Crippen molar-refractivity contribution in [3.05, 3.63) is 12.2 Å². The van der Waals surface area contributed by atoms with Crippen LogP contribution in [0.5, 0.6) is 0 Å². The number of esters is 2. The number of carbonyl (C=O) groups is 7. The number of amides is 5. The summed E-state index contributed by atoms with van der Waals surface area (Å²) in [4.78, 5) is 81.3. The van der Waals surface area contributed by atoms with E-state index in [0.29, 0.717) is 19.3 Å². The van der Waals surface area contributed by atoms with E-state index in [0.717, 1.165) is 6.08 Å². The first-order valence-electron chi connectivity index (χ1n) is 10.1. The predicted molar refractivity (Wildman–Crippen MR) is 110 cm³/mol. The first-order chi connectivity index (χ1) is 15.8. The molecule has 0 unspecified atom stereocenters. The van der Waals surface area contributed by atoms with Crippen molar-refractivity contribution in [2.24, 2.45) is 0 Å². The number of allylic oxidation sites excluding steroid dienone is 1. The minimum atomic E-state index is -0.737. The highest BCUT2D eigenvalue weighted by Crippen LogP contribution is 1.98. The number of rotatable bonds is 0. The normalized spacial score (nSPS) is 19.7. The van der Waals surface area contributed by atoms with Crippen LogP contribution < -0.4 is 26.6 Å². The Kier molecular flexibility index (Phi) is 12.9. The first kappa shape index (κ1) is 27.1. The molecule has 1 rings (SSSR count). The second-order valence-electron chi connectivity index (χ2n) is 6.61. The van der Waals surface area contributed by atoms with Gasteiger partial charge in [0.1, 0.15) is 6.54 Å². The van der Waals surface area contributed by atoms with Crippen LogP contribution in [0.1, 0.15) is 19.3 Å². The smallest absolute Gasteiger partial charge is 0.330 e. The number of carbonyl (C=O) groups excluding carboxylic acids is 7. The molecule has 0 aliphatic carbocycles. The molecule has 182 valence electrons. The molecule has 1 aliphatic rings. The standard InChI is InChI=1S/C19H27N5O9/c25-13-8-21-15(27)10-23-17(29)12-33-18(30)5-3-1-2-4-6-32-19(31)11-24-16(28)9-22-14(26)7-20-13/h3,5H,1-2,4,6-12H2,(H,20,25)(H,21,27)(H,22,26)(H,23,29)(H,24,28). The average molecular weight is 469 g/mol. The quantitative estimate of drug-likeness (QED) is 0.222. The van der Waals surface area contributed by atoms with Crippen LogP contribution in [-0.4, -0.2) is 87.4 Å². The van der Waals surface area contributed by atoms with Gasteiger partial charge in [0.25, 0.3) is 5.91 Å². The average Bonchev–Trinajstić information content (AvgIpc) is 2.79. The maximum Gasteiger partial charge on any atom is 0.330 e. The van der Waals surface area contributed by atoms with E-state index in [-0.39, 0.29) is 13.2 Å². The predicted octanol–water partition coefficient (Wildman–Crippen LogP) is -3.61. The molecule has 33 heavy (non-hydrogen) atoms. The summed E-state index contributed by atoms with van der Waals surface area (Å²) in [6.07, 6.45) is 4.33. The maximum absolute atomic E-state index is 11.6. The van der Waals surface area contributed by atoms with E-state index in [2.05, 4.69) is 26.6 Å². The topological polar surface area (TPSA) is 198 Å². The molecular formula is C19H27N5O9. The largest absolute Gasteiger partial charge is 0.464 e. The molecule has 14 heteroatoms. The third kappa shape index (κ3) is 14.6. The second kappa shape index (κ2) is 15.8. The molecule has 0 aromatic rings. The highest BCUT2D eigenvalue weighted by atomic mass is 16.5. The van der Waals surface area contributed by atoms with Crippen molar-refractivity contribution < 1.29 is 43.0 Å². The van der Waals surface area contributed by atoms with Gasteiger partial charge in [-0.15, -0.1) is 0 Å². The fourth-order valence-electron chi connectivity index (χ4n) is 2.15. The zero-order chi connectivity index (χ0) is 24.5. The van der Waals surface area contributed by atoms with Crippen LogP contribution in [0.25, 0.3) is 0 Å². The Balaban J connectivity index is 2.53. The Morgan fingerprint density at radius 2 is 1.06 bits per heavy atom. The fourth-order valence-corrected chi connectivity index (χ4v) is 2.15. The van der Waals surface area contributed by atoms with E-state index in [1.807, 2.05) is 0 Å². The van der Waals surface area contributed by atoms with Crippen molar-refractivity contribution in [3.63, 3.8) is 0 Å². The van der Waals surface area contributed by atoms with Gasteiger partial charge in [-0.3, -0.25) is 28.8 Å². The zero-order valence-electron chi connectivity index (χ0n) is 17.9. The Labute approximate surface area is 189 Å². The van der Waals surface area contributed by atoms with E-state index in [1.165, 1.54) is 0 Å². The molecule has 0 aromatic heterocycles. The summed E-state index contributed by atoms with van der Waals surface area (Å²) in [5, 5.41) is 11.2. The SMILES string of the molecule is O=C1CNC(=O)CNC(=O)COC(=O)C=CCCCCOC(=O)CNC(=O)CNC(=O)CN1. The molecule has 0 radical (unpaired) electrons. The van der Waals surface area contributed by atoms with Crippen molar-refractivity contribution >= 4 is 41.5 Å². The molecule has 0 aromatic carbocycles. The molecule has 5 N–H and O–H groups in total. The van der Waals surface area contributed by atoms with Crippen molar-refractivity contribution in [3.8, 4) is 0 Å². The van der Waals surface area contributed by atoms with E-state index in [1.54, 1.807) is 6.08 Å². The highest BCUT2D eigenvalue weighted by Gasteiger charge is 2.12. The summed E-state index contributed by atoms with van der Waals surface area (Å²) in [6, 6.07) is 0. The van der Waals surface area contributed by atoms with Gasteiger partial charge in [-0.05, 0) is 19.3 Å². The summed E-state index contributed by atoms with van der Waals surface area (Å²) in [5.74, 6) is -4.74. The summed E-state index contributed by atoms with van der Waals surface area (Å²) >= 11 is 0. The number of nitrogens with one attached hydrogen (secondary N) is 5. The Bertz CT molecular complexity index is 782. The van der Waals surface area contributed by atoms with Crippen molar-refractivity contribution in [2.45, 2.75) is 19.3 Å². The van der Waals surface area contributed by atoms with Gasteiger partial charge in [-0.2, -0.15) is 0 Å². The lowest BCUT2D eigenvalue weighted by Gasteiger charge is -2.09. The van der Waals surface area contributed by atoms with Crippen LogP contribution in [0.4, 0.5) is 0 Å². The lowest BCUT2D eigenvalue weighted by Crippen LogP contribution is -2.46. The van der Waals surface area contributed by atoms with Crippen molar-refractivity contribution in [2.75, 3.05) is 45.9 Å². The summed E-state index contributed by atoms with van der Waals surface area (Å²) < 4.78 is 9.67. The van der Waals surface area contributed by atoms with E-state index in [4.69, 9.17) is 9.47 Å². The molecule has 0 saturated heterocycles. The van der Waals surface area contributed by atoms with Crippen LogP contribution in [0.3, 0.4) is 0 Å². The molecule has 0 saturated carbocycles. The molecular weight excluding hydrogens is 442 g/mol. The number of hydrogen-bond donors (Lipinski definition) is 5. The Morgan fingerprint density at radius 1 is 0.576 bits per heavy atom. The minimum Gasteiger partial charge on any atom is -0.464 e. The Hall–Kier alpha value is -3.97. The van der Waals surface area contributed by atoms with E-state index >= 15 is 0 Å². The highest BCUT2D eigenvalue weighted by molar-refractivity contribution is 5.92. The van der Waals surface area contributed by atoms with Gasteiger partial charge >= 0.3 is 11.9 Å². The molecule has 0 fully saturated rings. The lowest BCUT2D eigenvalue weighted by molar-refractivity contribution is -0.144. The van der Waals surface area contributed by atoms with Crippen molar-refractivity contribution in [1.29, 1.82) is 0 Å². The molecule has 0 spiro atoms. The van der Waals surface area contributed by atoms with Gasteiger partial charge < -0.3 is 36.1 Å². The number of ether oxygens (including phenoxy) is 2. The molecule has 1 heterocycles. The zero-order valence-corrected chi connectivity index (χ0v) is 17.9. The van der Waals surface area contributed by atoms with E-state index in [9.17, 15) is 33.6 Å². The molecule has 5 amide bonds. The van der Waals surface area contributed by atoms with Crippen LogP contribution in [0.2, 0.25) is 0 Å². The second-order valence-corrected chi connectivity index (χ2v) is 6.61. The van der Waals surface area contributed by atoms with Crippen LogP contribution >= 0.6 is 0 Å². The van der Waals surface area contributed by atoms with Crippen LogP contribution in [-0.2, 0) is 43.0 Å². The molecule has 0 atom stereocenters. The summed E-state index contributed by atoms with van der Waals surface area (Å²) in [7, 11) is 0. The third-order valence-electron chi connectivity index (χ3n) is 3.84. The lowest BCUT2D eigenvalue weighted by atomic mass is 10.2. The van der Waals surface area contributed by atoms with Gasteiger partial charge in [0.2, 0.25) is 23.6 Å². The third-order valence-corrected chi connectivity index (χ3v) is 3.84. The summed E-state index contributed by atoms with van der Waals surface area (Å²) in [6.45, 7) is -2.59. The molecule has 0 bridgehead atoms. The van der Waals surface area contributed by atoms with Gasteiger partial charge in [-0.1, -0.05) is 6.08 Å². The van der Waals surface area contributed by atoms with Gasteiger partial charge in [-0.25, -0.2) is 4.79 Å². The summed E-state index contributed by atoms with van der Waals surface area (Å²) in [5.41, 5.74) is 0. The van der Waals surface area contributed by atoms with Gasteiger partial charge in [0.15, 0.2) is 6.61 Å². The maximum atomic E-state index is 11.6. The minimum absolute atomic E-state index is 0.122. The molecule has 1 aliphatic heterocycles. The van der Waals surface area contributed by atoms with Gasteiger partial charge in [0, 0.05) is 6.08 Å². The number of cyclic esters (lactones) is 2. The molecule has 14 nitrogen and oxygen atoms in total. The van der Waals surface area contributed by atoms with Crippen LogP contribution in [0, 0.1) is 0 Å². The Morgan fingerprint density at radius 3 is 1.61 bits per heavy atom. The van der Waals surface area contributed by atoms with Gasteiger partial charge in [0.05, 0.1) is 32.8 Å². The fraction of sp³-hybridized carbons (Fsp3) is 0.526. The first-order valence-corrected chi connectivity index (χ1v) is 10.1. The monoisotopic (exact) mass is 469 g/mol. The number of hydrogen-bond acceptors (Lipinski definition) is 9. The van der Waals surface area contributed by atoms with Crippen molar-refractivity contribution in [1.82, 2.24) is 26.6 Å². The van der Waals surface area contributed by atoms with E-state index < -0.39 is 74.3 Å². The van der Waals surface area contributed by atoms with Crippen LogP contribution in [0.15, 0.2) is 12.2 Å².